The zero-order valence-electron chi connectivity index (χ0n) is 9.87. The molecule has 0 spiro atoms. The molecule has 2 nitrogen and oxygen atoms in total. The van der Waals surface area contributed by atoms with Gasteiger partial charge in [-0.15, -0.1) is 11.3 Å². The first-order chi connectivity index (χ1) is 7.99. The van der Waals surface area contributed by atoms with Crippen molar-refractivity contribution in [1.82, 2.24) is 4.98 Å². The van der Waals surface area contributed by atoms with Crippen molar-refractivity contribution < 1.29 is 9.18 Å². The second-order valence-corrected chi connectivity index (χ2v) is 4.97. The van der Waals surface area contributed by atoms with Gasteiger partial charge in [0.2, 0.25) is 0 Å². The smallest absolute Gasteiger partial charge is 0.171 e. The highest BCUT2D eigenvalue weighted by molar-refractivity contribution is 7.17. The van der Waals surface area contributed by atoms with Gasteiger partial charge in [-0.1, -0.05) is 6.07 Å². The van der Waals surface area contributed by atoms with Gasteiger partial charge in [0.1, 0.15) is 10.8 Å². The van der Waals surface area contributed by atoms with Crippen LogP contribution in [0.15, 0.2) is 18.2 Å². The van der Waals surface area contributed by atoms with Crippen molar-refractivity contribution in [2.45, 2.75) is 20.8 Å². The Kier molecular flexibility index (Phi) is 3.07. The number of thiazole rings is 1. The summed E-state index contributed by atoms with van der Waals surface area (Å²) in [6.45, 7) is 5.10. The summed E-state index contributed by atoms with van der Waals surface area (Å²) in [7, 11) is 0. The topological polar surface area (TPSA) is 30.0 Å². The molecule has 0 N–H and O–H groups in total. The van der Waals surface area contributed by atoms with Gasteiger partial charge in [0.15, 0.2) is 5.78 Å². The van der Waals surface area contributed by atoms with Crippen LogP contribution in [-0.4, -0.2) is 10.8 Å². The van der Waals surface area contributed by atoms with Gasteiger partial charge in [-0.05, 0) is 31.5 Å². The van der Waals surface area contributed by atoms with E-state index in [4.69, 9.17) is 0 Å². The number of ketones is 1. The molecule has 0 unspecified atom stereocenters. The molecule has 4 heteroatoms. The highest BCUT2D eigenvalue weighted by Gasteiger charge is 2.15. The second kappa shape index (κ2) is 4.37. The van der Waals surface area contributed by atoms with Crippen LogP contribution in [0.4, 0.5) is 4.39 Å². The highest BCUT2D eigenvalue weighted by Crippen LogP contribution is 2.30. The van der Waals surface area contributed by atoms with Gasteiger partial charge >= 0.3 is 0 Å². The van der Waals surface area contributed by atoms with E-state index >= 15 is 0 Å². The van der Waals surface area contributed by atoms with Gasteiger partial charge in [0.25, 0.3) is 0 Å². The number of hydrogen-bond donors (Lipinski definition) is 0. The third-order valence-corrected chi connectivity index (χ3v) is 3.76. The molecule has 0 aliphatic rings. The van der Waals surface area contributed by atoms with E-state index < -0.39 is 0 Å². The molecular formula is C13H12FNOS. The summed E-state index contributed by atoms with van der Waals surface area (Å²) < 4.78 is 13.8. The van der Waals surface area contributed by atoms with Crippen LogP contribution in [0.2, 0.25) is 0 Å². The van der Waals surface area contributed by atoms with Gasteiger partial charge in [0, 0.05) is 12.5 Å². The van der Waals surface area contributed by atoms with Crippen LogP contribution in [-0.2, 0) is 0 Å². The van der Waals surface area contributed by atoms with Crippen LogP contribution < -0.4 is 0 Å². The number of carbonyl (C=O) groups is 1. The second-order valence-electron chi connectivity index (χ2n) is 3.97. The summed E-state index contributed by atoms with van der Waals surface area (Å²) in [4.78, 5) is 16.2. The fourth-order valence-corrected chi connectivity index (χ4v) is 2.62. The first kappa shape index (κ1) is 11.9. The van der Waals surface area contributed by atoms with Crippen molar-refractivity contribution in [2.24, 2.45) is 0 Å². The standard InChI is InChI=1S/C13H12FNOS/c1-7-4-5-10(11(14)6-7)13-15-8(2)12(17-13)9(3)16/h4-6H,1-3H3. The van der Waals surface area contributed by atoms with Gasteiger partial charge in [-0.2, -0.15) is 0 Å². The molecule has 0 atom stereocenters. The molecule has 0 bridgehead atoms. The van der Waals surface area contributed by atoms with Crippen LogP contribution >= 0.6 is 11.3 Å². The predicted octanol–water partition coefficient (Wildman–Crippen LogP) is 3.77. The first-order valence-corrected chi connectivity index (χ1v) is 6.05. The third-order valence-electron chi connectivity index (χ3n) is 2.47. The maximum absolute atomic E-state index is 13.8. The Balaban J connectivity index is 2.53. The Morgan fingerprint density at radius 3 is 2.59 bits per heavy atom. The minimum absolute atomic E-state index is 0.0289. The molecule has 0 amide bonds. The van der Waals surface area contributed by atoms with Crippen molar-refractivity contribution in [3.8, 4) is 10.6 Å². The average Bonchev–Trinajstić information content (AvgIpc) is 2.60. The molecule has 17 heavy (non-hydrogen) atoms. The van der Waals surface area contributed by atoms with Crippen molar-refractivity contribution in [1.29, 1.82) is 0 Å². The monoisotopic (exact) mass is 249 g/mol. The number of benzene rings is 1. The zero-order valence-corrected chi connectivity index (χ0v) is 10.7. The maximum atomic E-state index is 13.8. The average molecular weight is 249 g/mol. The number of carbonyl (C=O) groups excluding carboxylic acids is 1. The summed E-state index contributed by atoms with van der Waals surface area (Å²) in [5, 5.41) is 0.560. The Bertz CT molecular complexity index is 589. The highest BCUT2D eigenvalue weighted by atomic mass is 32.1. The lowest BCUT2D eigenvalue weighted by Crippen LogP contribution is -1.89. The summed E-state index contributed by atoms with van der Waals surface area (Å²) in [5.74, 6) is -0.326. The normalized spacial score (nSPS) is 10.6. The molecule has 1 aromatic carbocycles. The number of halogens is 1. The van der Waals surface area contributed by atoms with Gasteiger partial charge in [-0.25, -0.2) is 9.37 Å². The molecular weight excluding hydrogens is 237 g/mol. The molecule has 88 valence electrons. The van der Waals surface area contributed by atoms with E-state index in [1.807, 2.05) is 13.0 Å². The van der Waals surface area contributed by atoms with Crippen molar-refractivity contribution >= 4 is 17.1 Å². The molecule has 0 aliphatic carbocycles. The number of hydrogen-bond acceptors (Lipinski definition) is 3. The lowest BCUT2D eigenvalue weighted by molar-refractivity contribution is 0.102. The minimum atomic E-state index is -0.297. The van der Waals surface area contributed by atoms with E-state index in [2.05, 4.69) is 4.98 Å². The molecule has 1 aromatic heterocycles. The lowest BCUT2D eigenvalue weighted by atomic mass is 10.1. The Morgan fingerprint density at radius 2 is 2.06 bits per heavy atom. The molecule has 0 saturated heterocycles. The third kappa shape index (κ3) is 2.26. The zero-order chi connectivity index (χ0) is 12.6. The van der Waals surface area contributed by atoms with E-state index in [9.17, 15) is 9.18 Å². The molecule has 1 heterocycles. The van der Waals surface area contributed by atoms with E-state index in [-0.39, 0.29) is 11.6 Å². The minimum Gasteiger partial charge on any atom is -0.294 e. The quantitative estimate of drug-likeness (QED) is 0.758. The number of aromatic nitrogens is 1. The Labute approximate surface area is 103 Å². The van der Waals surface area contributed by atoms with Crippen molar-refractivity contribution in [2.75, 3.05) is 0 Å². The van der Waals surface area contributed by atoms with Crippen LogP contribution in [0.25, 0.3) is 10.6 Å². The van der Waals surface area contributed by atoms with Crippen LogP contribution in [0, 0.1) is 19.7 Å². The van der Waals surface area contributed by atoms with E-state index in [1.165, 1.54) is 24.3 Å². The fraction of sp³-hybridized carbons (Fsp3) is 0.231. The molecule has 2 rings (SSSR count). The summed E-state index contributed by atoms with van der Waals surface area (Å²) in [5.41, 5.74) is 1.99. The fourth-order valence-electron chi connectivity index (χ4n) is 1.63. The van der Waals surface area contributed by atoms with Gasteiger partial charge < -0.3 is 0 Å². The predicted molar refractivity (Wildman–Crippen MR) is 67.0 cm³/mol. The largest absolute Gasteiger partial charge is 0.294 e. The van der Waals surface area contributed by atoms with E-state index in [1.54, 1.807) is 13.0 Å². The van der Waals surface area contributed by atoms with E-state index in [0.717, 1.165) is 5.56 Å². The van der Waals surface area contributed by atoms with Crippen LogP contribution in [0.1, 0.15) is 27.9 Å². The number of rotatable bonds is 2. The van der Waals surface area contributed by atoms with Crippen molar-refractivity contribution in [3.05, 3.63) is 40.2 Å². The van der Waals surface area contributed by atoms with Crippen LogP contribution in [0.3, 0.4) is 0 Å². The number of Topliss-reactive ketones (excluding diaryl/α,β-unsaturated/α-hetero) is 1. The molecule has 0 fully saturated rings. The summed E-state index contributed by atoms with van der Waals surface area (Å²) >= 11 is 1.24. The van der Waals surface area contributed by atoms with Crippen LogP contribution in [0.5, 0.6) is 0 Å². The Hall–Kier alpha value is -1.55. The number of nitrogens with zero attached hydrogens (tertiary/aromatic N) is 1. The maximum Gasteiger partial charge on any atom is 0.171 e. The lowest BCUT2D eigenvalue weighted by Gasteiger charge is -1.99. The molecule has 0 radical (unpaired) electrons. The van der Waals surface area contributed by atoms with Gasteiger partial charge in [0.05, 0.1) is 10.6 Å². The first-order valence-electron chi connectivity index (χ1n) is 5.24. The Morgan fingerprint density at radius 1 is 1.35 bits per heavy atom. The molecule has 0 saturated carbocycles. The number of aryl methyl sites for hydroxylation is 2. The van der Waals surface area contributed by atoms with Crippen molar-refractivity contribution in [3.63, 3.8) is 0 Å². The summed E-state index contributed by atoms with van der Waals surface area (Å²) in [6, 6.07) is 5.01. The molecule has 0 aliphatic heterocycles. The van der Waals surface area contributed by atoms with E-state index in [0.29, 0.717) is 21.1 Å². The summed E-state index contributed by atoms with van der Waals surface area (Å²) in [6.07, 6.45) is 0. The SMILES string of the molecule is CC(=O)c1sc(-c2ccc(C)cc2F)nc1C. The van der Waals surface area contributed by atoms with Gasteiger partial charge in [-0.3, -0.25) is 4.79 Å². The molecule has 2 aromatic rings.